The molecular formula is C18H22ClNO. The van der Waals surface area contributed by atoms with Crippen molar-refractivity contribution in [1.29, 1.82) is 0 Å². The molecule has 0 fully saturated rings. The average molecular weight is 304 g/mol. The molecule has 0 unspecified atom stereocenters. The molecule has 0 atom stereocenters. The van der Waals surface area contributed by atoms with E-state index in [0.29, 0.717) is 0 Å². The molecule has 2 aromatic carbocycles. The normalized spacial score (nSPS) is 10.9. The smallest absolute Gasteiger partial charge is 0.122 e. The number of hydrogen-bond donors (Lipinski definition) is 0. The molecule has 21 heavy (non-hydrogen) atoms. The van der Waals surface area contributed by atoms with E-state index in [1.54, 1.807) is 0 Å². The fraction of sp³-hybridized carbons (Fsp3) is 0.333. The van der Waals surface area contributed by atoms with E-state index in [1.165, 1.54) is 0 Å². The summed E-state index contributed by atoms with van der Waals surface area (Å²) < 4.78 is 5.92. The van der Waals surface area contributed by atoms with Crippen molar-refractivity contribution in [2.75, 3.05) is 27.2 Å². The van der Waals surface area contributed by atoms with Gasteiger partial charge >= 0.3 is 0 Å². The van der Waals surface area contributed by atoms with Gasteiger partial charge in [-0.05, 0) is 50.7 Å². The Labute approximate surface area is 132 Å². The van der Waals surface area contributed by atoms with Gasteiger partial charge in [0.05, 0.1) is 6.61 Å². The molecule has 0 N–H and O–H groups in total. The van der Waals surface area contributed by atoms with Crippen molar-refractivity contribution in [2.45, 2.75) is 13.3 Å². The van der Waals surface area contributed by atoms with Crippen LogP contribution in [0.5, 0.6) is 5.75 Å². The molecule has 0 amide bonds. The second kappa shape index (κ2) is 7.48. The number of halogens is 1. The van der Waals surface area contributed by atoms with Crippen molar-refractivity contribution in [1.82, 2.24) is 4.90 Å². The Hall–Kier alpha value is -1.51. The van der Waals surface area contributed by atoms with Crippen LogP contribution in [0.3, 0.4) is 0 Å². The van der Waals surface area contributed by atoms with E-state index in [0.717, 1.165) is 47.0 Å². The van der Waals surface area contributed by atoms with Gasteiger partial charge in [0.15, 0.2) is 0 Å². The molecule has 2 rings (SSSR count). The molecule has 2 nitrogen and oxygen atoms in total. The topological polar surface area (TPSA) is 12.5 Å². The van der Waals surface area contributed by atoms with Crippen LogP contribution >= 0.6 is 11.6 Å². The Morgan fingerprint density at radius 2 is 1.71 bits per heavy atom. The zero-order valence-corrected chi connectivity index (χ0v) is 13.7. The van der Waals surface area contributed by atoms with E-state index >= 15 is 0 Å². The molecule has 2 aromatic rings. The van der Waals surface area contributed by atoms with E-state index in [2.05, 4.69) is 32.0 Å². The third kappa shape index (κ3) is 4.23. The Morgan fingerprint density at radius 3 is 2.43 bits per heavy atom. The van der Waals surface area contributed by atoms with Gasteiger partial charge in [-0.1, -0.05) is 41.9 Å². The molecule has 0 aromatic heterocycles. The van der Waals surface area contributed by atoms with Crippen molar-refractivity contribution in [2.24, 2.45) is 0 Å². The van der Waals surface area contributed by atoms with Crippen LogP contribution in [0.15, 0.2) is 42.5 Å². The quantitative estimate of drug-likeness (QED) is 0.720. The zero-order chi connectivity index (χ0) is 15.2. The summed E-state index contributed by atoms with van der Waals surface area (Å²) in [4.78, 5) is 2.16. The predicted molar refractivity (Wildman–Crippen MR) is 90.3 cm³/mol. The summed E-state index contributed by atoms with van der Waals surface area (Å²) in [5.74, 6) is 0.936. The van der Waals surface area contributed by atoms with Gasteiger partial charge in [0.2, 0.25) is 0 Å². The number of nitrogens with zero attached hydrogens (tertiary/aromatic N) is 1. The second-order valence-corrected chi connectivity index (χ2v) is 5.82. The van der Waals surface area contributed by atoms with Gasteiger partial charge in [0, 0.05) is 17.1 Å². The van der Waals surface area contributed by atoms with Gasteiger partial charge in [-0.25, -0.2) is 0 Å². The molecule has 0 radical (unpaired) electrons. The fourth-order valence-electron chi connectivity index (χ4n) is 2.31. The van der Waals surface area contributed by atoms with E-state index in [1.807, 2.05) is 36.4 Å². The van der Waals surface area contributed by atoms with Gasteiger partial charge in [-0.15, -0.1) is 0 Å². The maximum Gasteiger partial charge on any atom is 0.122 e. The van der Waals surface area contributed by atoms with Crippen LogP contribution in [0.2, 0.25) is 5.02 Å². The summed E-state index contributed by atoms with van der Waals surface area (Å²) >= 11 is 6.30. The van der Waals surface area contributed by atoms with Crippen LogP contribution in [0.25, 0.3) is 11.1 Å². The fourth-order valence-corrected chi connectivity index (χ4v) is 2.54. The minimum atomic E-state index is 0.727. The molecule has 0 heterocycles. The molecular weight excluding hydrogens is 282 g/mol. The minimum absolute atomic E-state index is 0.727. The molecule has 0 aliphatic rings. The van der Waals surface area contributed by atoms with Crippen molar-refractivity contribution < 1.29 is 4.74 Å². The minimum Gasteiger partial charge on any atom is -0.493 e. The number of hydrogen-bond acceptors (Lipinski definition) is 2. The predicted octanol–water partition coefficient (Wildman–Crippen LogP) is 4.65. The van der Waals surface area contributed by atoms with Gasteiger partial charge in [-0.2, -0.15) is 0 Å². The Morgan fingerprint density at radius 1 is 1.00 bits per heavy atom. The van der Waals surface area contributed by atoms with Crippen molar-refractivity contribution in [3.63, 3.8) is 0 Å². The van der Waals surface area contributed by atoms with Crippen molar-refractivity contribution in [3.8, 4) is 16.9 Å². The lowest BCUT2D eigenvalue weighted by Crippen LogP contribution is -2.15. The first kappa shape index (κ1) is 15.9. The second-order valence-electron chi connectivity index (χ2n) is 5.41. The first-order valence-electron chi connectivity index (χ1n) is 7.21. The number of ether oxygens (including phenoxy) is 1. The average Bonchev–Trinajstić information content (AvgIpc) is 2.46. The molecule has 0 spiro atoms. The number of benzene rings is 2. The van der Waals surface area contributed by atoms with Crippen LogP contribution in [0, 0.1) is 6.92 Å². The number of rotatable bonds is 6. The highest BCUT2D eigenvalue weighted by Crippen LogP contribution is 2.34. The molecule has 0 aliphatic carbocycles. The monoisotopic (exact) mass is 303 g/mol. The molecule has 0 aliphatic heterocycles. The Kier molecular flexibility index (Phi) is 5.66. The maximum absolute atomic E-state index is 6.30. The standard InChI is InChI=1S/C18H22ClNO/c1-14-15(16-8-4-5-10-17(16)19)9-6-11-18(14)21-13-7-12-20(2)3/h4-6,8-11H,7,12-13H2,1-3H3. The van der Waals surface area contributed by atoms with Crippen LogP contribution < -0.4 is 4.74 Å². The summed E-state index contributed by atoms with van der Waals surface area (Å²) in [6.07, 6.45) is 1.02. The van der Waals surface area contributed by atoms with Crippen LogP contribution in [-0.2, 0) is 0 Å². The van der Waals surface area contributed by atoms with Gasteiger partial charge in [0.25, 0.3) is 0 Å². The van der Waals surface area contributed by atoms with Crippen LogP contribution in [-0.4, -0.2) is 32.1 Å². The highest BCUT2D eigenvalue weighted by atomic mass is 35.5. The lowest BCUT2D eigenvalue weighted by Gasteiger charge is -2.15. The summed E-state index contributed by atoms with van der Waals surface area (Å²) in [7, 11) is 4.15. The zero-order valence-electron chi connectivity index (χ0n) is 12.9. The lowest BCUT2D eigenvalue weighted by atomic mass is 10.00. The van der Waals surface area contributed by atoms with E-state index in [4.69, 9.17) is 16.3 Å². The van der Waals surface area contributed by atoms with Gasteiger partial charge < -0.3 is 9.64 Å². The first-order chi connectivity index (χ1) is 10.1. The molecule has 0 bridgehead atoms. The van der Waals surface area contributed by atoms with E-state index < -0.39 is 0 Å². The third-order valence-corrected chi connectivity index (χ3v) is 3.78. The maximum atomic E-state index is 6.30. The third-order valence-electron chi connectivity index (χ3n) is 3.46. The van der Waals surface area contributed by atoms with E-state index in [9.17, 15) is 0 Å². The van der Waals surface area contributed by atoms with Gasteiger partial charge in [-0.3, -0.25) is 0 Å². The molecule has 0 saturated carbocycles. The summed E-state index contributed by atoms with van der Waals surface area (Å²) in [5.41, 5.74) is 3.32. The summed E-state index contributed by atoms with van der Waals surface area (Å²) in [6, 6.07) is 14.0. The van der Waals surface area contributed by atoms with Crippen molar-refractivity contribution in [3.05, 3.63) is 53.1 Å². The SMILES string of the molecule is Cc1c(OCCCN(C)C)cccc1-c1ccccc1Cl. The largest absolute Gasteiger partial charge is 0.493 e. The van der Waals surface area contributed by atoms with Crippen molar-refractivity contribution >= 4 is 11.6 Å². The van der Waals surface area contributed by atoms with E-state index in [-0.39, 0.29) is 0 Å². The molecule has 0 saturated heterocycles. The molecule has 112 valence electrons. The van der Waals surface area contributed by atoms with Crippen LogP contribution in [0.4, 0.5) is 0 Å². The lowest BCUT2D eigenvalue weighted by molar-refractivity contribution is 0.280. The van der Waals surface area contributed by atoms with Gasteiger partial charge in [0.1, 0.15) is 5.75 Å². The summed E-state index contributed by atoms with van der Waals surface area (Å²) in [6.45, 7) is 3.84. The highest BCUT2D eigenvalue weighted by molar-refractivity contribution is 6.33. The first-order valence-corrected chi connectivity index (χ1v) is 7.59. The Bertz CT molecular complexity index is 596. The summed E-state index contributed by atoms with van der Waals surface area (Å²) in [5, 5.41) is 0.769. The van der Waals surface area contributed by atoms with Crippen LogP contribution in [0.1, 0.15) is 12.0 Å². The molecule has 3 heteroatoms. The highest BCUT2D eigenvalue weighted by Gasteiger charge is 2.09. The Balaban J connectivity index is 2.15.